The van der Waals surface area contributed by atoms with Crippen LogP contribution >= 0.6 is 0 Å². The van der Waals surface area contributed by atoms with E-state index in [1.165, 1.54) is 11.6 Å². The van der Waals surface area contributed by atoms with Crippen LogP contribution in [0.1, 0.15) is 23.6 Å². The molecule has 0 radical (unpaired) electrons. The Hall–Kier alpha value is -2.96. The Labute approximate surface area is 164 Å². The van der Waals surface area contributed by atoms with Crippen LogP contribution in [-0.4, -0.2) is 45.2 Å². The number of amides is 1. The van der Waals surface area contributed by atoms with Crippen LogP contribution in [-0.2, 0) is 11.2 Å². The number of nitrogens with zero attached hydrogens (tertiary/aromatic N) is 3. The molecule has 0 spiro atoms. The molecule has 1 atom stereocenters. The number of hydrogen-bond donors (Lipinski definition) is 2. The second-order valence-electron chi connectivity index (χ2n) is 7.19. The van der Waals surface area contributed by atoms with Crippen molar-refractivity contribution in [3.63, 3.8) is 0 Å². The molecule has 6 nitrogen and oxygen atoms in total. The Balaban J connectivity index is 1.42. The minimum absolute atomic E-state index is 0.433. The van der Waals surface area contributed by atoms with Gasteiger partial charge in [0, 0.05) is 31.8 Å². The van der Waals surface area contributed by atoms with Gasteiger partial charge in [0.15, 0.2) is 0 Å². The van der Waals surface area contributed by atoms with Gasteiger partial charge in [-0.1, -0.05) is 36.4 Å². The van der Waals surface area contributed by atoms with Gasteiger partial charge >= 0.3 is 0 Å². The first kappa shape index (κ1) is 18.4. The fourth-order valence-corrected chi connectivity index (χ4v) is 3.83. The molecule has 4 rings (SSSR count). The summed E-state index contributed by atoms with van der Waals surface area (Å²) in [6.07, 6.45) is 7.07. The molecule has 0 aliphatic carbocycles. The van der Waals surface area contributed by atoms with E-state index < -0.39 is 5.91 Å². The number of nitrogens with one attached hydrogen (secondary N) is 1. The summed E-state index contributed by atoms with van der Waals surface area (Å²) in [5, 5.41) is 8.56. The van der Waals surface area contributed by atoms with Gasteiger partial charge in [0.1, 0.15) is 0 Å². The number of carbonyl (C=O) groups excluding carboxylic acids is 1. The molecule has 2 heterocycles. The number of fused-ring (bicyclic) bond motifs is 1. The fraction of sp³-hybridized carbons (Fsp3) is 0.273. The molecule has 1 unspecified atom stereocenters. The van der Waals surface area contributed by atoms with E-state index >= 15 is 0 Å². The predicted molar refractivity (Wildman–Crippen MR) is 109 cm³/mol. The minimum atomic E-state index is -0.549. The van der Waals surface area contributed by atoms with Crippen LogP contribution in [0.25, 0.3) is 17.1 Å². The highest BCUT2D eigenvalue weighted by atomic mass is 16.5. The third-order valence-corrected chi connectivity index (χ3v) is 5.34. The summed E-state index contributed by atoms with van der Waals surface area (Å²) in [5.41, 5.74) is 5.87. The summed E-state index contributed by atoms with van der Waals surface area (Å²) in [6.45, 7) is 3.22. The van der Waals surface area contributed by atoms with Crippen LogP contribution in [0.5, 0.6) is 0 Å². The van der Waals surface area contributed by atoms with Crippen LogP contribution in [0.3, 0.4) is 0 Å². The van der Waals surface area contributed by atoms with Crippen molar-refractivity contribution in [2.45, 2.75) is 18.9 Å². The van der Waals surface area contributed by atoms with Gasteiger partial charge < -0.3 is 9.47 Å². The zero-order chi connectivity index (χ0) is 19.3. The number of aromatic nitrogens is 2. The molecule has 0 bridgehead atoms. The Kier molecular flexibility index (Phi) is 5.50. The summed E-state index contributed by atoms with van der Waals surface area (Å²) < 4.78 is 2.27. The molecule has 1 fully saturated rings. The number of benzene rings is 2. The monoisotopic (exact) mass is 376 g/mol. The van der Waals surface area contributed by atoms with Gasteiger partial charge in [-0.2, -0.15) is 0 Å². The number of hydrogen-bond acceptors (Lipinski definition) is 4. The lowest BCUT2D eigenvalue weighted by molar-refractivity contribution is -0.124. The summed E-state index contributed by atoms with van der Waals surface area (Å²) in [6, 6.07) is 17.0. The van der Waals surface area contributed by atoms with Crippen molar-refractivity contribution in [3.05, 3.63) is 72.1 Å². The largest absolute Gasteiger partial charge is 0.326 e. The van der Waals surface area contributed by atoms with Crippen LogP contribution in [0, 0.1) is 0 Å². The van der Waals surface area contributed by atoms with Crippen molar-refractivity contribution in [1.82, 2.24) is 19.9 Å². The van der Waals surface area contributed by atoms with Gasteiger partial charge in [-0.25, -0.2) is 10.5 Å². The molecule has 2 N–H and O–H groups in total. The zero-order valence-corrected chi connectivity index (χ0v) is 15.7. The molecule has 2 aromatic carbocycles. The molecule has 3 aromatic rings. The number of likely N-dealkylation sites (tertiary alicyclic amines) is 1. The second kappa shape index (κ2) is 8.37. The van der Waals surface area contributed by atoms with E-state index in [0.29, 0.717) is 6.04 Å². The van der Waals surface area contributed by atoms with E-state index in [4.69, 9.17) is 5.21 Å². The summed E-state index contributed by atoms with van der Waals surface area (Å²) >= 11 is 0. The first-order valence-electron chi connectivity index (χ1n) is 9.58. The smallest absolute Gasteiger partial charge is 0.267 e. The van der Waals surface area contributed by atoms with Crippen LogP contribution < -0.4 is 5.48 Å². The van der Waals surface area contributed by atoms with Crippen LogP contribution in [0.2, 0.25) is 0 Å². The molecule has 144 valence electrons. The van der Waals surface area contributed by atoms with Crippen molar-refractivity contribution in [2.24, 2.45) is 0 Å². The van der Waals surface area contributed by atoms with Gasteiger partial charge in [-0.3, -0.25) is 10.0 Å². The van der Waals surface area contributed by atoms with Gasteiger partial charge in [-0.05, 0) is 42.2 Å². The molecule has 6 heteroatoms. The van der Waals surface area contributed by atoms with Gasteiger partial charge in [0.25, 0.3) is 5.91 Å². The molecule has 28 heavy (non-hydrogen) atoms. The fourth-order valence-electron chi connectivity index (χ4n) is 3.83. The third kappa shape index (κ3) is 4.13. The molecular formula is C22H24N4O2. The SMILES string of the molecule is O=C(/C=C/c1ccc2c(c1)ncn2C1CCN(CCc2ccccc2)C1)NO. The highest BCUT2D eigenvalue weighted by Gasteiger charge is 2.24. The van der Waals surface area contributed by atoms with Crippen molar-refractivity contribution >= 4 is 23.0 Å². The minimum Gasteiger partial charge on any atom is -0.326 e. The third-order valence-electron chi connectivity index (χ3n) is 5.34. The maximum Gasteiger partial charge on any atom is 0.267 e. The Bertz CT molecular complexity index is 981. The average Bonchev–Trinajstić information content (AvgIpc) is 3.37. The van der Waals surface area contributed by atoms with E-state index in [-0.39, 0.29) is 0 Å². The number of hydroxylamine groups is 1. The van der Waals surface area contributed by atoms with E-state index in [1.54, 1.807) is 11.6 Å². The Morgan fingerprint density at radius 1 is 1.25 bits per heavy atom. The quantitative estimate of drug-likeness (QED) is 0.394. The predicted octanol–water partition coefficient (Wildman–Crippen LogP) is 3.04. The van der Waals surface area contributed by atoms with E-state index in [9.17, 15) is 4.79 Å². The van der Waals surface area contributed by atoms with Gasteiger partial charge in [0.2, 0.25) is 0 Å². The standard InChI is InChI=1S/C22H24N4O2/c27-22(24-28)9-7-18-6-8-21-20(14-18)23-16-26(21)19-11-13-25(15-19)12-10-17-4-2-1-3-5-17/h1-9,14,16,19,28H,10-13,15H2,(H,24,27)/b9-7+. The topological polar surface area (TPSA) is 70.4 Å². The lowest BCUT2D eigenvalue weighted by atomic mass is 10.1. The van der Waals surface area contributed by atoms with E-state index in [2.05, 4.69) is 44.8 Å². The Morgan fingerprint density at radius 2 is 2.11 bits per heavy atom. The maximum absolute atomic E-state index is 11.1. The number of imidazole rings is 1. The first-order valence-corrected chi connectivity index (χ1v) is 9.58. The lowest BCUT2D eigenvalue weighted by Crippen LogP contribution is -2.24. The van der Waals surface area contributed by atoms with Crippen LogP contribution in [0.4, 0.5) is 0 Å². The molecule has 1 aromatic heterocycles. The summed E-state index contributed by atoms with van der Waals surface area (Å²) in [7, 11) is 0. The number of rotatable bonds is 6. The zero-order valence-electron chi connectivity index (χ0n) is 15.7. The van der Waals surface area contributed by atoms with Crippen molar-refractivity contribution < 1.29 is 10.0 Å². The molecule has 1 saturated heterocycles. The molecular weight excluding hydrogens is 352 g/mol. The second-order valence-corrected chi connectivity index (χ2v) is 7.19. The van der Waals surface area contributed by atoms with Crippen molar-refractivity contribution in [3.8, 4) is 0 Å². The normalized spacial score (nSPS) is 17.5. The van der Waals surface area contributed by atoms with Gasteiger partial charge in [0.05, 0.1) is 17.4 Å². The summed E-state index contributed by atoms with van der Waals surface area (Å²) in [5.74, 6) is -0.549. The van der Waals surface area contributed by atoms with E-state index in [1.807, 2.05) is 24.5 Å². The van der Waals surface area contributed by atoms with Crippen LogP contribution in [0.15, 0.2) is 60.9 Å². The summed E-state index contributed by atoms with van der Waals surface area (Å²) in [4.78, 5) is 18.2. The highest BCUT2D eigenvalue weighted by molar-refractivity contribution is 5.91. The van der Waals surface area contributed by atoms with Crippen molar-refractivity contribution in [2.75, 3.05) is 19.6 Å². The average molecular weight is 376 g/mol. The first-order chi connectivity index (χ1) is 13.7. The molecule has 1 aliphatic heterocycles. The molecule has 0 saturated carbocycles. The Morgan fingerprint density at radius 3 is 2.93 bits per heavy atom. The maximum atomic E-state index is 11.1. The van der Waals surface area contributed by atoms with Gasteiger partial charge in [-0.15, -0.1) is 0 Å². The van der Waals surface area contributed by atoms with E-state index in [0.717, 1.165) is 49.1 Å². The van der Waals surface area contributed by atoms with Crippen molar-refractivity contribution in [1.29, 1.82) is 0 Å². The highest BCUT2D eigenvalue weighted by Crippen LogP contribution is 2.26. The molecule has 1 aliphatic rings. The lowest BCUT2D eigenvalue weighted by Gasteiger charge is -2.17. The molecule has 1 amide bonds. The number of carbonyl (C=O) groups is 1.